The monoisotopic (exact) mass is 330 g/mol. The molecule has 24 heavy (non-hydrogen) atoms. The van der Waals surface area contributed by atoms with Gasteiger partial charge in [0.15, 0.2) is 0 Å². The SMILES string of the molecule is COCc1cc(NC2CCN(c3nc(C)cc(=O)[nH]3)CC2)ncn1. The Morgan fingerprint density at radius 3 is 2.83 bits per heavy atom. The lowest BCUT2D eigenvalue weighted by Crippen LogP contribution is -2.40. The molecule has 3 heterocycles. The molecule has 0 atom stereocenters. The van der Waals surface area contributed by atoms with Crippen molar-refractivity contribution in [1.29, 1.82) is 0 Å². The fourth-order valence-electron chi connectivity index (χ4n) is 2.86. The summed E-state index contributed by atoms with van der Waals surface area (Å²) in [5.41, 5.74) is 1.49. The molecule has 8 heteroatoms. The normalized spacial score (nSPS) is 15.5. The van der Waals surface area contributed by atoms with Gasteiger partial charge in [-0.15, -0.1) is 0 Å². The molecule has 8 nitrogen and oxygen atoms in total. The Bertz CT molecular complexity index is 739. The first-order chi connectivity index (χ1) is 11.6. The Kier molecular flexibility index (Phi) is 5.05. The van der Waals surface area contributed by atoms with Gasteiger partial charge in [0, 0.05) is 44.1 Å². The van der Waals surface area contributed by atoms with E-state index in [1.54, 1.807) is 13.4 Å². The summed E-state index contributed by atoms with van der Waals surface area (Å²) in [5.74, 6) is 1.47. The molecule has 2 aromatic rings. The minimum atomic E-state index is -0.107. The largest absolute Gasteiger partial charge is 0.378 e. The second kappa shape index (κ2) is 7.39. The van der Waals surface area contributed by atoms with E-state index in [0.717, 1.165) is 43.1 Å². The zero-order valence-electron chi connectivity index (χ0n) is 14.0. The van der Waals surface area contributed by atoms with Crippen molar-refractivity contribution in [3.05, 3.63) is 40.2 Å². The van der Waals surface area contributed by atoms with Gasteiger partial charge in [0.1, 0.15) is 12.1 Å². The van der Waals surface area contributed by atoms with Crippen LogP contribution in [0.1, 0.15) is 24.2 Å². The smallest absolute Gasteiger partial charge is 0.252 e. The number of piperidine rings is 1. The van der Waals surface area contributed by atoms with Gasteiger partial charge < -0.3 is 15.0 Å². The van der Waals surface area contributed by atoms with E-state index in [1.807, 2.05) is 13.0 Å². The number of anilines is 2. The second-order valence-corrected chi connectivity index (χ2v) is 5.94. The van der Waals surface area contributed by atoms with Crippen molar-refractivity contribution >= 4 is 11.8 Å². The van der Waals surface area contributed by atoms with Gasteiger partial charge in [-0.2, -0.15) is 0 Å². The van der Waals surface area contributed by atoms with Gasteiger partial charge in [-0.1, -0.05) is 0 Å². The number of aromatic nitrogens is 4. The predicted molar refractivity (Wildman–Crippen MR) is 91.2 cm³/mol. The molecule has 0 aliphatic carbocycles. The van der Waals surface area contributed by atoms with Crippen LogP contribution in [0.3, 0.4) is 0 Å². The van der Waals surface area contributed by atoms with Gasteiger partial charge >= 0.3 is 0 Å². The van der Waals surface area contributed by atoms with Crippen molar-refractivity contribution in [2.24, 2.45) is 0 Å². The molecule has 1 fully saturated rings. The van der Waals surface area contributed by atoms with Gasteiger partial charge in [-0.25, -0.2) is 15.0 Å². The van der Waals surface area contributed by atoms with Gasteiger partial charge in [0.05, 0.1) is 12.3 Å². The quantitative estimate of drug-likeness (QED) is 0.847. The fourth-order valence-corrected chi connectivity index (χ4v) is 2.86. The van der Waals surface area contributed by atoms with E-state index in [-0.39, 0.29) is 5.56 Å². The molecule has 128 valence electrons. The molecule has 0 spiro atoms. The number of nitrogens with one attached hydrogen (secondary N) is 2. The Hall–Kier alpha value is -2.48. The summed E-state index contributed by atoms with van der Waals surface area (Å²) in [6, 6.07) is 3.75. The van der Waals surface area contributed by atoms with E-state index in [0.29, 0.717) is 18.6 Å². The van der Waals surface area contributed by atoms with Crippen molar-refractivity contribution < 1.29 is 4.74 Å². The molecular formula is C16H22N6O2. The van der Waals surface area contributed by atoms with Crippen LogP contribution in [-0.2, 0) is 11.3 Å². The first-order valence-electron chi connectivity index (χ1n) is 8.03. The van der Waals surface area contributed by atoms with E-state index >= 15 is 0 Å². The molecule has 0 saturated carbocycles. The van der Waals surface area contributed by atoms with Crippen LogP contribution in [0, 0.1) is 6.92 Å². The highest BCUT2D eigenvalue weighted by Gasteiger charge is 2.21. The van der Waals surface area contributed by atoms with Crippen molar-refractivity contribution in [1.82, 2.24) is 19.9 Å². The number of aromatic amines is 1. The minimum absolute atomic E-state index is 0.107. The molecule has 1 aliphatic rings. The molecule has 0 bridgehead atoms. The Morgan fingerprint density at radius 2 is 2.12 bits per heavy atom. The second-order valence-electron chi connectivity index (χ2n) is 5.94. The zero-order valence-corrected chi connectivity index (χ0v) is 14.0. The molecule has 0 unspecified atom stereocenters. The molecule has 0 amide bonds. The third kappa shape index (κ3) is 4.08. The van der Waals surface area contributed by atoms with Crippen LogP contribution in [-0.4, -0.2) is 46.2 Å². The van der Waals surface area contributed by atoms with Crippen LogP contribution in [0.4, 0.5) is 11.8 Å². The highest BCUT2D eigenvalue weighted by Crippen LogP contribution is 2.18. The highest BCUT2D eigenvalue weighted by molar-refractivity contribution is 5.37. The van der Waals surface area contributed by atoms with E-state index in [9.17, 15) is 4.79 Å². The van der Waals surface area contributed by atoms with E-state index in [4.69, 9.17) is 4.74 Å². The number of methoxy groups -OCH3 is 1. The van der Waals surface area contributed by atoms with Crippen LogP contribution in [0.15, 0.2) is 23.3 Å². The zero-order chi connectivity index (χ0) is 16.9. The van der Waals surface area contributed by atoms with E-state index < -0.39 is 0 Å². The molecule has 2 aromatic heterocycles. The Morgan fingerprint density at radius 1 is 1.33 bits per heavy atom. The number of rotatable bonds is 5. The number of aryl methyl sites for hydroxylation is 1. The number of hydrogen-bond acceptors (Lipinski definition) is 7. The van der Waals surface area contributed by atoms with Crippen LogP contribution in [0.2, 0.25) is 0 Å². The van der Waals surface area contributed by atoms with Crippen molar-refractivity contribution in [2.45, 2.75) is 32.4 Å². The molecule has 3 rings (SSSR count). The summed E-state index contributed by atoms with van der Waals surface area (Å²) in [4.78, 5) is 29.4. The lowest BCUT2D eigenvalue weighted by Gasteiger charge is -2.33. The van der Waals surface area contributed by atoms with Crippen LogP contribution < -0.4 is 15.8 Å². The standard InChI is InChI=1S/C16H22N6O2/c1-11-7-15(23)21-16(19-11)22-5-3-12(4-6-22)20-14-8-13(9-24-2)17-10-18-14/h7-8,10,12H,3-6,9H2,1-2H3,(H,17,18,20)(H,19,21,23). The summed E-state index contributed by atoms with van der Waals surface area (Å²) in [7, 11) is 1.65. The molecule has 1 aliphatic heterocycles. The molecular weight excluding hydrogens is 308 g/mol. The third-order valence-electron chi connectivity index (χ3n) is 4.02. The van der Waals surface area contributed by atoms with Crippen LogP contribution in [0.25, 0.3) is 0 Å². The first kappa shape index (κ1) is 16.4. The number of H-pyrrole nitrogens is 1. The maximum absolute atomic E-state index is 11.6. The Balaban J connectivity index is 1.59. The average molecular weight is 330 g/mol. The first-order valence-corrected chi connectivity index (χ1v) is 8.03. The van der Waals surface area contributed by atoms with E-state index in [2.05, 4.69) is 30.2 Å². The lowest BCUT2D eigenvalue weighted by atomic mass is 10.1. The topological polar surface area (TPSA) is 96.0 Å². The molecule has 0 radical (unpaired) electrons. The summed E-state index contributed by atoms with van der Waals surface area (Å²) >= 11 is 0. The van der Waals surface area contributed by atoms with Crippen molar-refractivity contribution in [3.63, 3.8) is 0 Å². The number of ether oxygens (including phenoxy) is 1. The van der Waals surface area contributed by atoms with Crippen LogP contribution in [0.5, 0.6) is 0 Å². The predicted octanol–water partition coefficient (Wildman–Crippen LogP) is 1.10. The van der Waals surface area contributed by atoms with Crippen molar-refractivity contribution in [3.8, 4) is 0 Å². The molecule has 0 aromatic carbocycles. The van der Waals surface area contributed by atoms with Crippen molar-refractivity contribution in [2.75, 3.05) is 30.4 Å². The van der Waals surface area contributed by atoms with Gasteiger partial charge in [-0.05, 0) is 19.8 Å². The molecule has 1 saturated heterocycles. The lowest BCUT2D eigenvalue weighted by molar-refractivity contribution is 0.181. The summed E-state index contributed by atoms with van der Waals surface area (Å²) in [5, 5.41) is 3.45. The summed E-state index contributed by atoms with van der Waals surface area (Å²) in [6.07, 6.45) is 3.44. The average Bonchev–Trinajstić information content (AvgIpc) is 2.55. The Labute approximate surface area is 140 Å². The highest BCUT2D eigenvalue weighted by atomic mass is 16.5. The summed E-state index contributed by atoms with van der Waals surface area (Å²) in [6.45, 7) is 3.97. The fraction of sp³-hybridized carbons (Fsp3) is 0.500. The molecule has 2 N–H and O–H groups in total. The van der Waals surface area contributed by atoms with Crippen LogP contribution >= 0.6 is 0 Å². The number of hydrogen-bond donors (Lipinski definition) is 2. The maximum Gasteiger partial charge on any atom is 0.252 e. The maximum atomic E-state index is 11.6. The summed E-state index contributed by atoms with van der Waals surface area (Å²) < 4.78 is 5.09. The van der Waals surface area contributed by atoms with Gasteiger partial charge in [0.25, 0.3) is 5.56 Å². The minimum Gasteiger partial charge on any atom is -0.378 e. The van der Waals surface area contributed by atoms with Gasteiger partial charge in [0.2, 0.25) is 5.95 Å². The third-order valence-corrected chi connectivity index (χ3v) is 4.02. The van der Waals surface area contributed by atoms with Gasteiger partial charge in [-0.3, -0.25) is 9.78 Å². The number of nitrogens with zero attached hydrogens (tertiary/aromatic N) is 4. The van der Waals surface area contributed by atoms with E-state index in [1.165, 1.54) is 6.07 Å².